The summed E-state index contributed by atoms with van der Waals surface area (Å²) >= 11 is 0. The lowest BCUT2D eigenvalue weighted by Crippen LogP contribution is -1.90. The normalized spacial score (nSPS) is 11.3. The zero-order valence-electron chi connectivity index (χ0n) is 11.9. The molecule has 0 atom stereocenters. The Hall–Kier alpha value is -2.75. The first kappa shape index (κ1) is 12.0. The summed E-state index contributed by atoms with van der Waals surface area (Å²) in [6.45, 7) is 4.09. The minimum atomic E-state index is 0.956. The van der Waals surface area contributed by atoms with Gasteiger partial charge in [0.1, 0.15) is 0 Å². The highest BCUT2D eigenvalue weighted by Gasteiger charge is 2.10. The van der Waals surface area contributed by atoms with E-state index in [0.717, 1.165) is 38.6 Å². The topological polar surface area (TPSA) is 54.5 Å². The van der Waals surface area contributed by atoms with Crippen molar-refractivity contribution in [2.24, 2.45) is 0 Å². The van der Waals surface area contributed by atoms with Crippen LogP contribution in [0.5, 0.6) is 0 Å². The molecule has 102 valence electrons. The molecular weight excluding hydrogens is 260 g/mol. The Kier molecular flexibility index (Phi) is 2.51. The van der Waals surface area contributed by atoms with E-state index in [2.05, 4.69) is 45.3 Å². The minimum absolute atomic E-state index is 0.956. The monoisotopic (exact) mass is 274 g/mol. The molecule has 0 aliphatic heterocycles. The fourth-order valence-corrected chi connectivity index (χ4v) is 2.75. The second kappa shape index (κ2) is 4.38. The molecule has 1 aromatic carbocycles. The third-order valence-corrected chi connectivity index (χ3v) is 3.83. The van der Waals surface area contributed by atoms with Crippen LogP contribution in [0.2, 0.25) is 0 Å². The van der Waals surface area contributed by atoms with Gasteiger partial charge in [-0.2, -0.15) is 5.10 Å². The van der Waals surface area contributed by atoms with Crippen molar-refractivity contribution in [3.05, 3.63) is 54.1 Å². The third kappa shape index (κ3) is 1.88. The fraction of sp³-hybridized carbons (Fsp3) is 0.118. The summed E-state index contributed by atoms with van der Waals surface area (Å²) < 4.78 is 0. The van der Waals surface area contributed by atoms with E-state index in [4.69, 9.17) is 0 Å². The van der Waals surface area contributed by atoms with Crippen LogP contribution in [-0.4, -0.2) is 20.2 Å². The summed E-state index contributed by atoms with van der Waals surface area (Å²) in [5, 5.41) is 10.5. The predicted octanol–water partition coefficient (Wildman–Crippen LogP) is 3.79. The molecule has 0 fully saturated rings. The minimum Gasteiger partial charge on any atom is -0.278 e. The quantitative estimate of drug-likeness (QED) is 0.574. The number of pyridine rings is 2. The highest BCUT2D eigenvalue weighted by atomic mass is 15.1. The number of nitrogens with one attached hydrogen (secondary N) is 1. The summed E-state index contributed by atoms with van der Waals surface area (Å²) in [4.78, 5) is 9.01. The van der Waals surface area contributed by atoms with Crippen LogP contribution >= 0.6 is 0 Å². The zero-order valence-corrected chi connectivity index (χ0v) is 11.9. The lowest BCUT2D eigenvalue weighted by Gasteiger charge is -2.08. The lowest BCUT2D eigenvalue weighted by atomic mass is 10.00. The van der Waals surface area contributed by atoms with Gasteiger partial charge >= 0.3 is 0 Å². The predicted molar refractivity (Wildman–Crippen MR) is 84.1 cm³/mol. The van der Waals surface area contributed by atoms with Gasteiger partial charge in [-0.15, -0.1) is 0 Å². The van der Waals surface area contributed by atoms with Crippen LogP contribution in [0.25, 0.3) is 32.9 Å². The Balaban J connectivity index is 2.02. The molecule has 1 N–H and O–H groups in total. The lowest BCUT2D eigenvalue weighted by molar-refractivity contribution is 1.12. The molecular formula is C17H14N4. The molecule has 4 heteroatoms. The Morgan fingerprint density at radius 1 is 0.905 bits per heavy atom. The van der Waals surface area contributed by atoms with Crippen LogP contribution in [-0.2, 0) is 0 Å². The maximum Gasteiger partial charge on any atom is 0.0719 e. The molecule has 0 bridgehead atoms. The maximum absolute atomic E-state index is 4.64. The Bertz CT molecular complexity index is 969. The highest BCUT2D eigenvalue weighted by molar-refractivity contribution is 5.97. The number of aromatic nitrogens is 4. The Labute approximate surface area is 121 Å². The first-order valence-corrected chi connectivity index (χ1v) is 6.88. The number of hydrogen-bond donors (Lipinski definition) is 1. The van der Waals surface area contributed by atoms with Gasteiger partial charge in [0, 0.05) is 39.8 Å². The Morgan fingerprint density at radius 3 is 2.62 bits per heavy atom. The largest absolute Gasteiger partial charge is 0.278 e. The van der Waals surface area contributed by atoms with Gasteiger partial charge in [0.25, 0.3) is 0 Å². The molecule has 0 saturated carbocycles. The van der Waals surface area contributed by atoms with E-state index in [0.29, 0.717) is 0 Å². The first-order valence-electron chi connectivity index (χ1n) is 6.88. The Morgan fingerprint density at radius 2 is 1.71 bits per heavy atom. The van der Waals surface area contributed by atoms with E-state index >= 15 is 0 Å². The van der Waals surface area contributed by atoms with Crippen molar-refractivity contribution in [2.75, 3.05) is 0 Å². The molecule has 3 heterocycles. The van der Waals surface area contributed by atoms with Gasteiger partial charge in [-0.05, 0) is 37.6 Å². The van der Waals surface area contributed by atoms with Gasteiger partial charge in [-0.25, -0.2) is 0 Å². The molecule has 0 radical (unpaired) electrons. The highest BCUT2D eigenvalue weighted by Crippen LogP contribution is 2.31. The van der Waals surface area contributed by atoms with Crippen LogP contribution in [0, 0.1) is 13.8 Å². The van der Waals surface area contributed by atoms with Crippen LogP contribution in [0.1, 0.15) is 11.3 Å². The molecule has 0 spiro atoms. The van der Waals surface area contributed by atoms with Crippen LogP contribution in [0.15, 0.2) is 42.9 Å². The standard InChI is InChI=1S/C17H14N4/c1-10-3-4-15-14(9-20-21-15)17(10)16-6-13-7-18-11(2)5-12(13)8-19-16/h3-9H,1-2H3,(H,20,21). The molecule has 4 nitrogen and oxygen atoms in total. The number of aromatic amines is 1. The van der Waals surface area contributed by atoms with Crippen LogP contribution in [0.3, 0.4) is 0 Å². The van der Waals surface area contributed by atoms with E-state index in [-0.39, 0.29) is 0 Å². The average molecular weight is 274 g/mol. The van der Waals surface area contributed by atoms with E-state index < -0.39 is 0 Å². The smallest absolute Gasteiger partial charge is 0.0719 e. The van der Waals surface area contributed by atoms with Crippen molar-refractivity contribution in [2.45, 2.75) is 13.8 Å². The van der Waals surface area contributed by atoms with Gasteiger partial charge in [-0.1, -0.05) is 6.07 Å². The summed E-state index contributed by atoms with van der Waals surface area (Å²) in [7, 11) is 0. The number of aryl methyl sites for hydroxylation is 2. The summed E-state index contributed by atoms with van der Waals surface area (Å²) in [5.41, 5.74) is 5.31. The van der Waals surface area contributed by atoms with Gasteiger partial charge in [0.2, 0.25) is 0 Å². The van der Waals surface area contributed by atoms with E-state index in [1.165, 1.54) is 5.56 Å². The number of hydrogen-bond acceptors (Lipinski definition) is 3. The zero-order chi connectivity index (χ0) is 14.4. The fourth-order valence-electron chi connectivity index (χ4n) is 2.75. The van der Waals surface area contributed by atoms with E-state index in [9.17, 15) is 0 Å². The maximum atomic E-state index is 4.64. The summed E-state index contributed by atoms with van der Waals surface area (Å²) in [5.74, 6) is 0. The third-order valence-electron chi connectivity index (χ3n) is 3.83. The molecule has 0 aliphatic rings. The molecule has 4 rings (SSSR count). The number of benzene rings is 1. The van der Waals surface area contributed by atoms with Crippen LogP contribution < -0.4 is 0 Å². The second-order valence-corrected chi connectivity index (χ2v) is 5.33. The van der Waals surface area contributed by atoms with Gasteiger partial charge in [-0.3, -0.25) is 15.1 Å². The summed E-state index contributed by atoms with van der Waals surface area (Å²) in [6.07, 6.45) is 5.68. The number of H-pyrrole nitrogens is 1. The molecule has 21 heavy (non-hydrogen) atoms. The van der Waals surface area contributed by atoms with E-state index in [1.807, 2.05) is 31.6 Å². The van der Waals surface area contributed by atoms with Gasteiger partial charge < -0.3 is 0 Å². The molecule has 4 aromatic rings. The van der Waals surface area contributed by atoms with Crippen molar-refractivity contribution >= 4 is 21.7 Å². The molecule has 0 unspecified atom stereocenters. The van der Waals surface area contributed by atoms with Crippen LogP contribution in [0.4, 0.5) is 0 Å². The average Bonchev–Trinajstić information content (AvgIpc) is 2.95. The number of fused-ring (bicyclic) bond motifs is 2. The van der Waals surface area contributed by atoms with Crippen molar-refractivity contribution in [3.63, 3.8) is 0 Å². The SMILES string of the molecule is Cc1cc2cnc(-c3c(C)ccc4[nH]ncc34)cc2cn1. The van der Waals surface area contributed by atoms with Crippen molar-refractivity contribution < 1.29 is 0 Å². The van der Waals surface area contributed by atoms with Crippen molar-refractivity contribution in [1.29, 1.82) is 0 Å². The molecule has 0 saturated heterocycles. The number of nitrogens with zero attached hydrogens (tertiary/aromatic N) is 3. The first-order chi connectivity index (χ1) is 10.2. The van der Waals surface area contributed by atoms with Gasteiger partial charge in [0.15, 0.2) is 0 Å². The van der Waals surface area contributed by atoms with E-state index in [1.54, 1.807) is 0 Å². The molecule has 0 aliphatic carbocycles. The van der Waals surface area contributed by atoms with Gasteiger partial charge in [0.05, 0.1) is 17.4 Å². The summed E-state index contributed by atoms with van der Waals surface area (Å²) in [6, 6.07) is 8.29. The molecule has 0 amide bonds. The second-order valence-electron chi connectivity index (χ2n) is 5.33. The van der Waals surface area contributed by atoms with Crippen molar-refractivity contribution in [1.82, 2.24) is 20.2 Å². The number of rotatable bonds is 1. The van der Waals surface area contributed by atoms with Crippen molar-refractivity contribution in [3.8, 4) is 11.3 Å². The molecule has 3 aromatic heterocycles.